The van der Waals surface area contributed by atoms with Gasteiger partial charge in [0.25, 0.3) is 0 Å². The summed E-state index contributed by atoms with van der Waals surface area (Å²) in [6.07, 6.45) is 7.07. The fourth-order valence-electron chi connectivity index (χ4n) is 7.05. The molecule has 2 aliphatic carbocycles. The average Bonchev–Trinajstić information content (AvgIpc) is 3.23. The highest BCUT2D eigenvalue weighted by atomic mass is 35.5. The fraction of sp³-hybridized carbons (Fsp3) is 0.441. The van der Waals surface area contributed by atoms with Crippen LogP contribution >= 0.6 is 11.6 Å². The first-order chi connectivity index (χ1) is 18.4. The Morgan fingerprint density at radius 1 is 0.974 bits per heavy atom. The van der Waals surface area contributed by atoms with Gasteiger partial charge in [-0.2, -0.15) is 5.26 Å². The van der Waals surface area contributed by atoms with Crippen LogP contribution in [0.1, 0.15) is 61.3 Å². The highest BCUT2D eigenvalue weighted by Gasteiger charge is 2.51. The zero-order valence-corrected chi connectivity index (χ0v) is 23.3. The van der Waals surface area contributed by atoms with Gasteiger partial charge in [-0.3, -0.25) is 0 Å². The molecule has 0 saturated heterocycles. The Kier molecular flexibility index (Phi) is 8.12. The summed E-state index contributed by atoms with van der Waals surface area (Å²) in [5.41, 5.74) is 5.22. The van der Waals surface area contributed by atoms with E-state index in [-0.39, 0.29) is 10.8 Å². The second-order valence-electron chi connectivity index (χ2n) is 11.6. The quantitative estimate of drug-likeness (QED) is 0.281. The minimum atomic E-state index is -0.314. The molecular formula is C34H38ClNO2. The van der Waals surface area contributed by atoms with Gasteiger partial charge < -0.3 is 9.47 Å². The van der Waals surface area contributed by atoms with Crippen LogP contribution in [-0.4, -0.2) is 13.7 Å². The predicted octanol–water partition coefficient (Wildman–Crippen LogP) is 8.33. The van der Waals surface area contributed by atoms with Gasteiger partial charge in [-0.25, -0.2) is 0 Å². The summed E-state index contributed by atoms with van der Waals surface area (Å²) in [4.78, 5) is 0. The first kappa shape index (κ1) is 26.8. The monoisotopic (exact) mass is 527 g/mol. The maximum atomic E-state index is 10.3. The van der Waals surface area contributed by atoms with E-state index >= 15 is 0 Å². The summed E-state index contributed by atoms with van der Waals surface area (Å²) >= 11 is 6.26. The SMILES string of the molecule is COc1ccc(COC[C@H](C)C[C@H]2Cc3ccccc3C23CCC(C#N)(Cc2cccc(Cl)c2)CC3)cc1. The van der Waals surface area contributed by atoms with E-state index in [4.69, 9.17) is 21.1 Å². The van der Waals surface area contributed by atoms with Crippen molar-refractivity contribution >= 4 is 11.6 Å². The molecule has 1 spiro atoms. The highest BCUT2D eigenvalue weighted by molar-refractivity contribution is 6.30. The summed E-state index contributed by atoms with van der Waals surface area (Å²) in [5.74, 6) is 1.93. The van der Waals surface area contributed by atoms with Gasteiger partial charge in [0.2, 0.25) is 0 Å². The van der Waals surface area contributed by atoms with Crippen LogP contribution in [0.25, 0.3) is 0 Å². The number of ether oxygens (including phenoxy) is 2. The minimum Gasteiger partial charge on any atom is -0.497 e. The van der Waals surface area contributed by atoms with Gasteiger partial charge in [0.1, 0.15) is 5.75 Å². The molecule has 0 radical (unpaired) electrons. The lowest BCUT2D eigenvalue weighted by atomic mass is 9.57. The molecule has 3 aromatic rings. The molecular weight excluding hydrogens is 490 g/mol. The number of rotatable bonds is 9. The summed E-state index contributed by atoms with van der Waals surface area (Å²) < 4.78 is 11.4. The lowest BCUT2D eigenvalue weighted by Gasteiger charge is -2.46. The van der Waals surface area contributed by atoms with E-state index in [2.05, 4.69) is 55.5 Å². The molecule has 1 fully saturated rings. The average molecular weight is 528 g/mol. The zero-order valence-electron chi connectivity index (χ0n) is 22.6. The van der Waals surface area contributed by atoms with Crippen LogP contribution < -0.4 is 4.74 Å². The Balaban J connectivity index is 1.25. The van der Waals surface area contributed by atoms with Gasteiger partial charge >= 0.3 is 0 Å². The maximum Gasteiger partial charge on any atom is 0.118 e. The van der Waals surface area contributed by atoms with Crippen molar-refractivity contribution in [2.24, 2.45) is 17.3 Å². The Hall–Kier alpha value is -2.80. The highest BCUT2D eigenvalue weighted by Crippen LogP contribution is 2.57. The van der Waals surface area contributed by atoms with E-state index in [0.717, 1.165) is 62.3 Å². The van der Waals surface area contributed by atoms with Crippen LogP contribution in [0.2, 0.25) is 5.02 Å². The van der Waals surface area contributed by atoms with Crippen molar-refractivity contribution in [3.05, 3.63) is 100 Å². The largest absolute Gasteiger partial charge is 0.497 e. The standard InChI is InChI=1S/C34H38ClNO2/c1-25(22-38-23-26-10-12-31(37-2)13-11-26)18-29-20-28-7-3-4-9-32(28)34(29)16-14-33(24-36,15-17-34)21-27-6-5-8-30(35)19-27/h3-13,19,25,29H,14-18,20-23H2,1-2H3/t25-,29+,33?,34?/m1/s1. The van der Waals surface area contributed by atoms with Crippen LogP contribution in [0.3, 0.4) is 0 Å². The van der Waals surface area contributed by atoms with Gasteiger partial charge in [0.05, 0.1) is 25.2 Å². The molecule has 1 saturated carbocycles. The Morgan fingerprint density at radius 2 is 1.74 bits per heavy atom. The molecule has 0 bridgehead atoms. The first-order valence-corrected chi connectivity index (χ1v) is 14.3. The molecule has 5 rings (SSSR count). The van der Waals surface area contributed by atoms with Crippen molar-refractivity contribution in [2.45, 2.75) is 63.9 Å². The lowest BCUT2D eigenvalue weighted by Crippen LogP contribution is -2.41. The number of halogens is 1. The van der Waals surface area contributed by atoms with Crippen molar-refractivity contribution in [2.75, 3.05) is 13.7 Å². The molecule has 3 nitrogen and oxygen atoms in total. The summed E-state index contributed by atoms with van der Waals surface area (Å²) in [6, 6.07) is 27.9. The summed E-state index contributed by atoms with van der Waals surface area (Å²) in [5, 5.41) is 11.1. The van der Waals surface area contributed by atoms with Gasteiger partial charge in [-0.05, 0) is 109 Å². The van der Waals surface area contributed by atoms with Gasteiger partial charge in [0, 0.05) is 11.6 Å². The number of nitrogens with zero attached hydrogens (tertiary/aromatic N) is 1. The molecule has 0 heterocycles. The third kappa shape index (κ3) is 5.63. The topological polar surface area (TPSA) is 42.2 Å². The van der Waals surface area contributed by atoms with Gasteiger partial charge in [-0.1, -0.05) is 67.1 Å². The molecule has 4 heteroatoms. The van der Waals surface area contributed by atoms with Crippen LogP contribution in [0, 0.1) is 28.6 Å². The maximum absolute atomic E-state index is 10.3. The first-order valence-electron chi connectivity index (χ1n) is 13.9. The smallest absolute Gasteiger partial charge is 0.118 e. The van der Waals surface area contributed by atoms with Crippen LogP contribution in [0.15, 0.2) is 72.8 Å². The van der Waals surface area contributed by atoms with E-state index in [1.54, 1.807) is 7.11 Å². The Morgan fingerprint density at radius 3 is 2.45 bits per heavy atom. The lowest BCUT2D eigenvalue weighted by molar-refractivity contribution is 0.0671. The summed E-state index contributed by atoms with van der Waals surface area (Å²) in [6.45, 7) is 3.71. The van der Waals surface area contributed by atoms with Gasteiger partial charge in [-0.15, -0.1) is 0 Å². The van der Waals surface area contributed by atoms with Crippen molar-refractivity contribution in [1.82, 2.24) is 0 Å². The molecule has 2 atom stereocenters. The Bertz CT molecular complexity index is 1270. The van der Waals surface area contributed by atoms with E-state index in [1.807, 2.05) is 30.3 Å². The van der Waals surface area contributed by atoms with Crippen molar-refractivity contribution in [3.63, 3.8) is 0 Å². The minimum absolute atomic E-state index is 0.162. The van der Waals surface area contributed by atoms with E-state index < -0.39 is 0 Å². The number of fused-ring (bicyclic) bond motifs is 2. The molecule has 3 aromatic carbocycles. The van der Waals surface area contributed by atoms with Crippen LogP contribution in [0.4, 0.5) is 0 Å². The second-order valence-corrected chi connectivity index (χ2v) is 12.1. The molecule has 0 aliphatic heterocycles. The molecule has 198 valence electrons. The molecule has 0 N–H and O–H groups in total. The summed E-state index contributed by atoms with van der Waals surface area (Å²) in [7, 11) is 1.69. The molecule has 0 amide bonds. The second kappa shape index (κ2) is 11.5. The number of hydrogen-bond donors (Lipinski definition) is 0. The van der Waals surface area contributed by atoms with Crippen molar-refractivity contribution in [3.8, 4) is 11.8 Å². The zero-order chi connectivity index (χ0) is 26.6. The third-order valence-electron chi connectivity index (χ3n) is 9.09. The molecule has 0 aromatic heterocycles. The predicted molar refractivity (Wildman–Crippen MR) is 153 cm³/mol. The number of methoxy groups -OCH3 is 1. The number of hydrogen-bond acceptors (Lipinski definition) is 3. The fourth-order valence-corrected chi connectivity index (χ4v) is 7.26. The van der Waals surface area contributed by atoms with E-state index in [9.17, 15) is 5.26 Å². The van der Waals surface area contributed by atoms with E-state index in [0.29, 0.717) is 18.4 Å². The number of benzene rings is 3. The van der Waals surface area contributed by atoms with Crippen LogP contribution in [0.5, 0.6) is 5.75 Å². The van der Waals surface area contributed by atoms with Crippen molar-refractivity contribution < 1.29 is 9.47 Å². The van der Waals surface area contributed by atoms with Crippen molar-refractivity contribution in [1.29, 1.82) is 5.26 Å². The molecule has 2 aliphatic rings. The van der Waals surface area contributed by atoms with E-state index in [1.165, 1.54) is 22.3 Å². The van der Waals surface area contributed by atoms with Crippen LogP contribution in [-0.2, 0) is 29.6 Å². The third-order valence-corrected chi connectivity index (χ3v) is 9.32. The van der Waals surface area contributed by atoms with Gasteiger partial charge in [0.15, 0.2) is 0 Å². The normalized spacial score (nSPS) is 25.1. The molecule has 0 unspecified atom stereocenters. The Labute approximate surface area is 232 Å². The number of nitriles is 1. The molecule has 38 heavy (non-hydrogen) atoms.